The third-order valence-electron chi connectivity index (χ3n) is 11.9. The minimum atomic E-state index is -0.0556. The Balaban J connectivity index is 1.11. The van der Waals surface area contributed by atoms with Crippen molar-refractivity contribution in [3.8, 4) is 28.3 Å². The molecule has 0 amide bonds. The molecule has 2 heterocycles. The highest BCUT2D eigenvalue weighted by atomic mass is 16.5. The van der Waals surface area contributed by atoms with Crippen molar-refractivity contribution >= 4 is 64.9 Å². The fourth-order valence-corrected chi connectivity index (χ4v) is 9.52. The molecular weight excluding hydrogens is 667 g/mol. The lowest BCUT2D eigenvalue weighted by Crippen LogP contribution is -2.14. The lowest BCUT2D eigenvalue weighted by atomic mass is 9.76. The summed E-state index contributed by atoms with van der Waals surface area (Å²) in [6.07, 6.45) is 0. The van der Waals surface area contributed by atoms with Gasteiger partial charge < -0.3 is 9.30 Å². The highest BCUT2D eigenvalue weighted by Gasteiger charge is 2.35. The zero-order valence-electron chi connectivity index (χ0n) is 29.9. The second-order valence-corrected chi connectivity index (χ2v) is 14.7. The summed E-state index contributed by atoms with van der Waals surface area (Å²) in [5, 5.41) is 12.2. The molecule has 11 aromatic rings. The summed E-state index contributed by atoms with van der Waals surface area (Å²) in [5.41, 5.74) is 9.67. The van der Waals surface area contributed by atoms with Crippen LogP contribution in [0.15, 0.2) is 194 Å². The van der Waals surface area contributed by atoms with E-state index in [0.717, 1.165) is 28.0 Å². The number of fused-ring (bicyclic) bond motifs is 15. The molecule has 1 aliphatic heterocycles. The quantitative estimate of drug-likeness (QED) is 0.167. The molecule has 0 unspecified atom stereocenters. The van der Waals surface area contributed by atoms with Crippen LogP contribution in [0.25, 0.3) is 81.7 Å². The first-order valence-corrected chi connectivity index (χ1v) is 19.1. The number of ether oxygens (including phenoxy) is 1. The normalized spacial score (nSPS) is 12.8. The second kappa shape index (κ2) is 11.7. The highest BCUT2D eigenvalue weighted by Crippen LogP contribution is 2.57. The lowest BCUT2D eigenvalue weighted by Gasteiger charge is -2.33. The molecule has 0 fully saturated rings. The molecule has 0 atom stereocenters. The Hall–Kier alpha value is -7.16. The van der Waals surface area contributed by atoms with E-state index in [1.54, 1.807) is 0 Å². The van der Waals surface area contributed by atoms with Crippen molar-refractivity contribution in [1.82, 2.24) is 4.57 Å². The van der Waals surface area contributed by atoms with Crippen LogP contribution in [0.1, 0.15) is 22.6 Å². The monoisotopic (exact) mass is 699 g/mol. The number of aromatic nitrogens is 1. The summed E-state index contributed by atoms with van der Waals surface area (Å²) in [6, 6.07) is 70.8. The molecule has 1 aliphatic rings. The number of rotatable bonds is 3. The SMILES string of the molecule is c1ccc(-n2c3ccccc3c3ccc(-c4ccc(C5c6c(c7ccccc7c7ccccc67)Oc6c5c5ccccc5c5ccccc65)cc4)cc32)cc1. The molecule has 0 radical (unpaired) electrons. The molecule has 0 spiro atoms. The van der Waals surface area contributed by atoms with Gasteiger partial charge in [-0.1, -0.05) is 170 Å². The smallest absolute Gasteiger partial charge is 0.140 e. The van der Waals surface area contributed by atoms with E-state index in [1.807, 2.05) is 0 Å². The maximum Gasteiger partial charge on any atom is 0.140 e. The molecule has 55 heavy (non-hydrogen) atoms. The van der Waals surface area contributed by atoms with Gasteiger partial charge in [0, 0.05) is 44.3 Å². The van der Waals surface area contributed by atoms with Gasteiger partial charge in [0.05, 0.1) is 11.0 Å². The van der Waals surface area contributed by atoms with E-state index in [-0.39, 0.29) is 5.92 Å². The summed E-state index contributed by atoms with van der Waals surface area (Å²) in [7, 11) is 0. The number of hydrogen-bond acceptors (Lipinski definition) is 1. The molecule has 0 N–H and O–H groups in total. The van der Waals surface area contributed by atoms with Crippen LogP contribution in [0, 0.1) is 0 Å². The lowest BCUT2D eigenvalue weighted by molar-refractivity contribution is 0.467. The molecule has 2 nitrogen and oxygen atoms in total. The molecule has 0 bridgehead atoms. The third-order valence-corrected chi connectivity index (χ3v) is 11.9. The van der Waals surface area contributed by atoms with E-state index in [0.29, 0.717) is 0 Å². The molecule has 2 heteroatoms. The summed E-state index contributed by atoms with van der Waals surface area (Å²) < 4.78 is 9.67. The van der Waals surface area contributed by atoms with Crippen LogP contribution in [0.3, 0.4) is 0 Å². The molecular formula is C53H33NO. The fraction of sp³-hybridized carbons (Fsp3) is 0.0189. The van der Waals surface area contributed by atoms with Crippen molar-refractivity contribution in [3.63, 3.8) is 0 Å². The van der Waals surface area contributed by atoms with E-state index in [2.05, 4.69) is 199 Å². The highest BCUT2D eigenvalue weighted by molar-refractivity contribution is 6.17. The van der Waals surface area contributed by atoms with Crippen molar-refractivity contribution in [1.29, 1.82) is 0 Å². The largest absolute Gasteiger partial charge is 0.455 e. The summed E-state index contributed by atoms with van der Waals surface area (Å²) in [4.78, 5) is 0. The van der Waals surface area contributed by atoms with Gasteiger partial charge in [-0.15, -0.1) is 0 Å². The maximum atomic E-state index is 7.28. The minimum Gasteiger partial charge on any atom is -0.455 e. The van der Waals surface area contributed by atoms with E-state index < -0.39 is 0 Å². The standard InChI is InChI=1S/C53H33NO/c1-2-14-36(15-3-1)54-47-25-13-12-20-41(47)42-31-30-35(32-48(42)54)33-26-28-34(29-27-33)49-50-43-21-8-4-16-37(43)39-18-6-10-23-45(39)52(50)55-53-46-24-11-7-19-40(46)38-17-5-9-22-44(38)51(49)53/h1-32,49H. The molecule has 0 aliphatic carbocycles. The van der Waals surface area contributed by atoms with Crippen LogP contribution in [0.4, 0.5) is 0 Å². The Labute approximate surface area is 318 Å². The third kappa shape index (κ3) is 4.37. The Bertz CT molecular complexity index is 3210. The zero-order chi connectivity index (χ0) is 36.0. The van der Waals surface area contributed by atoms with Crippen LogP contribution in [0.5, 0.6) is 11.5 Å². The Morgan fingerprint density at radius 2 is 0.764 bits per heavy atom. The van der Waals surface area contributed by atoms with Crippen molar-refractivity contribution in [2.24, 2.45) is 0 Å². The van der Waals surface area contributed by atoms with Crippen LogP contribution in [0.2, 0.25) is 0 Å². The molecule has 256 valence electrons. The van der Waals surface area contributed by atoms with Crippen molar-refractivity contribution in [3.05, 3.63) is 211 Å². The first-order valence-electron chi connectivity index (χ1n) is 19.1. The Kier molecular flexibility index (Phi) is 6.43. The van der Waals surface area contributed by atoms with E-state index in [4.69, 9.17) is 4.74 Å². The fourth-order valence-electron chi connectivity index (χ4n) is 9.52. The minimum absolute atomic E-state index is 0.0556. The average molecular weight is 700 g/mol. The van der Waals surface area contributed by atoms with Gasteiger partial charge in [0.15, 0.2) is 0 Å². The van der Waals surface area contributed by atoms with E-state index in [1.165, 1.54) is 81.9 Å². The maximum absolute atomic E-state index is 7.28. The summed E-state index contributed by atoms with van der Waals surface area (Å²) in [6.45, 7) is 0. The molecule has 0 saturated heterocycles. The first kappa shape index (κ1) is 30.3. The van der Waals surface area contributed by atoms with Crippen molar-refractivity contribution < 1.29 is 4.74 Å². The summed E-state index contributed by atoms with van der Waals surface area (Å²) >= 11 is 0. The van der Waals surface area contributed by atoms with Crippen LogP contribution in [-0.2, 0) is 0 Å². The van der Waals surface area contributed by atoms with E-state index >= 15 is 0 Å². The first-order chi connectivity index (χ1) is 27.3. The molecule has 10 aromatic carbocycles. The van der Waals surface area contributed by atoms with Crippen LogP contribution >= 0.6 is 0 Å². The molecule has 1 aromatic heterocycles. The topological polar surface area (TPSA) is 14.2 Å². The van der Waals surface area contributed by atoms with Crippen molar-refractivity contribution in [2.75, 3.05) is 0 Å². The Morgan fingerprint density at radius 1 is 0.327 bits per heavy atom. The molecule has 12 rings (SSSR count). The average Bonchev–Trinajstić information content (AvgIpc) is 3.60. The van der Waals surface area contributed by atoms with Crippen molar-refractivity contribution in [2.45, 2.75) is 5.92 Å². The van der Waals surface area contributed by atoms with Gasteiger partial charge in [0.25, 0.3) is 0 Å². The molecule has 0 saturated carbocycles. The number of para-hydroxylation sites is 2. The second-order valence-electron chi connectivity index (χ2n) is 14.7. The van der Waals surface area contributed by atoms with Gasteiger partial charge in [-0.3, -0.25) is 0 Å². The van der Waals surface area contributed by atoms with Gasteiger partial charge in [-0.05, 0) is 73.3 Å². The Morgan fingerprint density at radius 3 is 1.35 bits per heavy atom. The summed E-state index contributed by atoms with van der Waals surface area (Å²) in [5.74, 6) is 1.85. The van der Waals surface area contributed by atoms with Gasteiger partial charge in [-0.25, -0.2) is 0 Å². The zero-order valence-corrected chi connectivity index (χ0v) is 29.9. The predicted octanol–water partition coefficient (Wildman–Crippen LogP) is 14.3. The number of nitrogens with zero attached hydrogens (tertiary/aromatic N) is 1. The van der Waals surface area contributed by atoms with Gasteiger partial charge >= 0.3 is 0 Å². The predicted molar refractivity (Wildman–Crippen MR) is 230 cm³/mol. The van der Waals surface area contributed by atoms with Crippen LogP contribution < -0.4 is 4.74 Å². The van der Waals surface area contributed by atoms with Crippen LogP contribution in [-0.4, -0.2) is 4.57 Å². The number of benzene rings is 10. The van der Waals surface area contributed by atoms with E-state index in [9.17, 15) is 0 Å². The van der Waals surface area contributed by atoms with Gasteiger partial charge in [-0.2, -0.15) is 0 Å². The van der Waals surface area contributed by atoms with Gasteiger partial charge in [0.1, 0.15) is 11.5 Å². The van der Waals surface area contributed by atoms with Gasteiger partial charge in [0.2, 0.25) is 0 Å². The number of hydrogen-bond donors (Lipinski definition) is 0.